The maximum absolute atomic E-state index is 13.4. The number of hydrogen-bond donors (Lipinski definition) is 2. The maximum atomic E-state index is 13.4. The lowest BCUT2D eigenvalue weighted by molar-refractivity contribution is -0.132. The molecule has 0 radical (unpaired) electrons. The minimum absolute atomic E-state index is 0.0598. The first-order valence-corrected chi connectivity index (χ1v) is 11.7. The van der Waals surface area contributed by atoms with Gasteiger partial charge in [-0.2, -0.15) is 0 Å². The largest absolute Gasteiger partial charge is 0.507 e. The van der Waals surface area contributed by atoms with Crippen molar-refractivity contribution in [3.05, 3.63) is 94.0 Å². The van der Waals surface area contributed by atoms with E-state index < -0.39 is 17.7 Å². The number of anilines is 2. The number of aliphatic hydroxyl groups excluding tert-OH is 1. The van der Waals surface area contributed by atoms with Crippen LogP contribution in [0.15, 0.2) is 72.3 Å². The summed E-state index contributed by atoms with van der Waals surface area (Å²) in [6, 6.07) is 17.9. The average molecular weight is 505 g/mol. The molecule has 0 saturated carbocycles. The zero-order valence-electron chi connectivity index (χ0n) is 20.0. The summed E-state index contributed by atoms with van der Waals surface area (Å²) in [4.78, 5) is 39.6. The van der Waals surface area contributed by atoms with Gasteiger partial charge in [-0.15, -0.1) is 0 Å². The van der Waals surface area contributed by atoms with Crippen LogP contribution < -0.4 is 15.0 Å². The molecule has 0 aromatic heterocycles. The van der Waals surface area contributed by atoms with Crippen molar-refractivity contribution in [1.29, 1.82) is 0 Å². The van der Waals surface area contributed by atoms with Crippen LogP contribution in [0.5, 0.6) is 5.75 Å². The highest BCUT2D eigenvalue weighted by molar-refractivity contribution is 6.51. The standard InChI is InChI=1S/C28H25ClN2O5/c1-4-17-8-10-18(11-9-17)25-24(26(33)19-12-13-23(36-3)22(29)14-19)27(34)28(35)31(25)21-7-5-6-20(15-21)30-16(2)32/h5-15,25,33H,4H2,1-3H3,(H,30,32)/b26-24+. The highest BCUT2D eigenvalue weighted by Crippen LogP contribution is 2.43. The molecular weight excluding hydrogens is 480 g/mol. The lowest BCUT2D eigenvalue weighted by Crippen LogP contribution is -2.29. The lowest BCUT2D eigenvalue weighted by Gasteiger charge is -2.26. The van der Waals surface area contributed by atoms with Crippen LogP contribution >= 0.6 is 11.6 Å². The van der Waals surface area contributed by atoms with Gasteiger partial charge in [0.15, 0.2) is 0 Å². The molecule has 3 aromatic carbocycles. The first-order chi connectivity index (χ1) is 17.2. The summed E-state index contributed by atoms with van der Waals surface area (Å²) in [5.41, 5.74) is 2.84. The molecule has 1 heterocycles. The fraction of sp³-hybridized carbons (Fsp3) is 0.179. The summed E-state index contributed by atoms with van der Waals surface area (Å²) in [5, 5.41) is 14.2. The van der Waals surface area contributed by atoms with Crippen LogP contribution in [0.3, 0.4) is 0 Å². The molecule has 2 N–H and O–H groups in total. The molecule has 4 rings (SSSR count). The van der Waals surface area contributed by atoms with E-state index in [0.717, 1.165) is 12.0 Å². The van der Waals surface area contributed by atoms with Crippen LogP contribution in [0.1, 0.15) is 36.6 Å². The smallest absolute Gasteiger partial charge is 0.300 e. The van der Waals surface area contributed by atoms with Gasteiger partial charge in [0.25, 0.3) is 11.7 Å². The van der Waals surface area contributed by atoms with Gasteiger partial charge in [-0.25, -0.2) is 0 Å². The number of Topliss-reactive ketones (excluding diaryl/α,β-unsaturated/α-hetero) is 1. The van der Waals surface area contributed by atoms with Gasteiger partial charge in [-0.05, 0) is 53.9 Å². The Bertz CT molecular complexity index is 1380. The zero-order valence-corrected chi connectivity index (χ0v) is 20.8. The van der Waals surface area contributed by atoms with Gasteiger partial charge < -0.3 is 15.2 Å². The predicted octanol–water partition coefficient (Wildman–Crippen LogP) is 5.50. The molecule has 1 fully saturated rings. The summed E-state index contributed by atoms with van der Waals surface area (Å²) in [7, 11) is 1.47. The van der Waals surface area contributed by atoms with Gasteiger partial charge in [0.05, 0.1) is 23.7 Å². The number of amides is 2. The third-order valence-electron chi connectivity index (χ3n) is 6.02. The van der Waals surface area contributed by atoms with Gasteiger partial charge in [-0.3, -0.25) is 19.3 Å². The number of aliphatic hydroxyl groups is 1. The third kappa shape index (κ3) is 4.70. The van der Waals surface area contributed by atoms with Gasteiger partial charge >= 0.3 is 0 Å². The molecular formula is C28H25ClN2O5. The highest BCUT2D eigenvalue weighted by Gasteiger charge is 2.47. The number of ether oxygens (including phenoxy) is 1. The number of ketones is 1. The van der Waals surface area contributed by atoms with Crippen LogP contribution in [0.2, 0.25) is 5.02 Å². The number of halogens is 1. The Morgan fingerprint density at radius 3 is 2.42 bits per heavy atom. The van der Waals surface area contributed by atoms with Crippen molar-refractivity contribution in [3.63, 3.8) is 0 Å². The number of nitrogens with zero attached hydrogens (tertiary/aromatic N) is 1. The molecule has 0 aliphatic carbocycles. The fourth-order valence-corrected chi connectivity index (χ4v) is 4.51. The van der Waals surface area contributed by atoms with Crippen molar-refractivity contribution in [1.82, 2.24) is 0 Å². The van der Waals surface area contributed by atoms with E-state index in [0.29, 0.717) is 22.7 Å². The lowest BCUT2D eigenvalue weighted by atomic mass is 9.94. The summed E-state index contributed by atoms with van der Waals surface area (Å²) in [5.74, 6) is -1.81. The Hall–Kier alpha value is -4.10. The summed E-state index contributed by atoms with van der Waals surface area (Å²) >= 11 is 6.26. The number of nitrogens with one attached hydrogen (secondary N) is 1. The fourth-order valence-electron chi connectivity index (χ4n) is 4.26. The first kappa shape index (κ1) is 25.0. The molecule has 8 heteroatoms. The van der Waals surface area contributed by atoms with E-state index in [1.54, 1.807) is 36.4 Å². The minimum Gasteiger partial charge on any atom is -0.507 e. The third-order valence-corrected chi connectivity index (χ3v) is 6.31. The monoisotopic (exact) mass is 504 g/mol. The Morgan fingerprint density at radius 1 is 1.08 bits per heavy atom. The number of rotatable bonds is 6. The summed E-state index contributed by atoms with van der Waals surface area (Å²) in [6.07, 6.45) is 0.823. The number of benzene rings is 3. The van der Waals surface area contributed by atoms with Gasteiger partial charge in [0, 0.05) is 23.9 Å². The number of methoxy groups -OCH3 is 1. The van der Waals surface area contributed by atoms with E-state index in [1.165, 1.54) is 25.0 Å². The van der Waals surface area contributed by atoms with Crippen LogP contribution in [0.25, 0.3) is 5.76 Å². The molecule has 2 amide bonds. The Kier molecular flexibility index (Phi) is 7.12. The quantitative estimate of drug-likeness (QED) is 0.263. The predicted molar refractivity (Wildman–Crippen MR) is 139 cm³/mol. The van der Waals surface area contributed by atoms with Crippen molar-refractivity contribution in [2.45, 2.75) is 26.3 Å². The van der Waals surface area contributed by atoms with Crippen molar-refractivity contribution in [3.8, 4) is 5.75 Å². The molecule has 1 unspecified atom stereocenters. The number of carbonyl (C=O) groups is 3. The zero-order chi connectivity index (χ0) is 26.0. The van der Waals surface area contributed by atoms with E-state index in [9.17, 15) is 19.5 Å². The molecule has 0 spiro atoms. The molecule has 1 saturated heterocycles. The van der Waals surface area contributed by atoms with Crippen LogP contribution in [0, 0.1) is 0 Å². The Balaban J connectivity index is 1.91. The van der Waals surface area contributed by atoms with Gasteiger partial charge in [0.2, 0.25) is 5.91 Å². The molecule has 7 nitrogen and oxygen atoms in total. The normalized spacial score (nSPS) is 16.8. The molecule has 0 bridgehead atoms. The maximum Gasteiger partial charge on any atom is 0.300 e. The van der Waals surface area contributed by atoms with E-state index in [4.69, 9.17) is 16.3 Å². The van der Waals surface area contributed by atoms with E-state index in [-0.39, 0.29) is 27.8 Å². The second-order valence-electron chi connectivity index (χ2n) is 8.35. The number of aryl methyl sites for hydroxylation is 1. The first-order valence-electron chi connectivity index (χ1n) is 11.4. The average Bonchev–Trinajstić information content (AvgIpc) is 3.13. The van der Waals surface area contributed by atoms with Crippen LogP contribution in [-0.2, 0) is 20.8 Å². The number of hydrogen-bond acceptors (Lipinski definition) is 5. The van der Waals surface area contributed by atoms with E-state index in [2.05, 4.69) is 5.32 Å². The van der Waals surface area contributed by atoms with E-state index >= 15 is 0 Å². The number of carbonyl (C=O) groups excluding carboxylic acids is 3. The van der Waals surface area contributed by atoms with Crippen molar-refractivity contribution in [2.75, 3.05) is 17.3 Å². The molecule has 1 aliphatic heterocycles. The Labute approximate surface area is 214 Å². The molecule has 36 heavy (non-hydrogen) atoms. The minimum atomic E-state index is -0.899. The molecule has 1 atom stereocenters. The summed E-state index contributed by atoms with van der Waals surface area (Å²) in [6.45, 7) is 3.41. The van der Waals surface area contributed by atoms with Crippen molar-refractivity contribution in [2.24, 2.45) is 0 Å². The second-order valence-corrected chi connectivity index (χ2v) is 8.75. The second kappa shape index (κ2) is 10.3. The van der Waals surface area contributed by atoms with Crippen molar-refractivity contribution < 1.29 is 24.2 Å². The molecule has 3 aromatic rings. The van der Waals surface area contributed by atoms with Crippen LogP contribution in [-0.4, -0.2) is 29.8 Å². The Morgan fingerprint density at radius 2 is 1.81 bits per heavy atom. The topological polar surface area (TPSA) is 95.9 Å². The van der Waals surface area contributed by atoms with E-state index in [1.807, 2.05) is 31.2 Å². The molecule has 1 aliphatic rings. The SMILES string of the molecule is CCc1ccc(C2/C(=C(\O)c3ccc(OC)c(Cl)c3)C(=O)C(=O)N2c2cccc(NC(C)=O)c2)cc1. The molecule has 184 valence electrons. The summed E-state index contributed by atoms with van der Waals surface area (Å²) < 4.78 is 5.18. The highest BCUT2D eigenvalue weighted by atomic mass is 35.5. The van der Waals surface area contributed by atoms with Crippen molar-refractivity contribution >= 4 is 46.3 Å². The van der Waals surface area contributed by atoms with Gasteiger partial charge in [-0.1, -0.05) is 48.9 Å². The van der Waals surface area contributed by atoms with Crippen LogP contribution in [0.4, 0.5) is 11.4 Å². The van der Waals surface area contributed by atoms with Gasteiger partial charge in [0.1, 0.15) is 11.5 Å².